The van der Waals surface area contributed by atoms with Gasteiger partial charge in [0.15, 0.2) is 0 Å². The Bertz CT molecular complexity index is 725. The number of Topliss-reactive ketones (excluding diaryl/α,β-unsaturated/α-hetero) is 1. The van der Waals surface area contributed by atoms with Crippen molar-refractivity contribution in [2.24, 2.45) is 0 Å². The number of hydrogen-bond acceptors (Lipinski definition) is 1. The van der Waals surface area contributed by atoms with Crippen molar-refractivity contribution in [1.82, 2.24) is 0 Å². The quantitative estimate of drug-likeness (QED) is 0.574. The molecule has 0 aromatic heterocycles. The van der Waals surface area contributed by atoms with Gasteiger partial charge in [0.1, 0.15) is 5.78 Å². The van der Waals surface area contributed by atoms with Gasteiger partial charge >= 0.3 is 0 Å². The van der Waals surface area contributed by atoms with Crippen molar-refractivity contribution in [3.05, 3.63) is 71.8 Å². The summed E-state index contributed by atoms with van der Waals surface area (Å²) >= 11 is 0. The topological polar surface area (TPSA) is 17.1 Å². The van der Waals surface area contributed by atoms with Crippen molar-refractivity contribution >= 4 is 24.6 Å². The van der Waals surface area contributed by atoms with Crippen LogP contribution in [0.15, 0.2) is 66.2 Å². The molecule has 1 nitrogen and oxygen atoms in total. The predicted molar refractivity (Wildman–Crippen MR) is 112 cm³/mol. The van der Waals surface area contributed by atoms with E-state index in [1.807, 2.05) is 0 Å². The smallest absolute Gasteiger partial charge is 0.129 e. The molecule has 2 rings (SSSR count). The predicted octanol–water partition coefficient (Wildman–Crippen LogP) is 5.84. The molecule has 0 heterocycles. The number of hydrogen-bond donors (Lipinski definition) is 0. The molecule has 0 aliphatic heterocycles. The molecular weight excluding hydrogens is 320 g/mol. The SMILES string of the molecule is CC(=O)CC(CC(=C(C)C)c1ccccc1)[Si](C)(C)c1ccccc1. The summed E-state index contributed by atoms with van der Waals surface area (Å²) in [5, 5.41) is 1.43. The van der Waals surface area contributed by atoms with Crippen molar-refractivity contribution < 1.29 is 4.79 Å². The van der Waals surface area contributed by atoms with Crippen LogP contribution in [0.5, 0.6) is 0 Å². The highest BCUT2D eigenvalue weighted by Gasteiger charge is 2.35. The number of ketones is 1. The summed E-state index contributed by atoms with van der Waals surface area (Å²) in [4.78, 5) is 12.0. The Morgan fingerprint density at radius 2 is 1.36 bits per heavy atom. The highest BCUT2D eigenvalue weighted by Crippen LogP contribution is 2.37. The van der Waals surface area contributed by atoms with Gasteiger partial charge in [-0.2, -0.15) is 0 Å². The minimum atomic E-state index is -1.77. The first-order valence-electron chi connectivity index (χ1n) is 9.09. The summed E-state index contributed by atoms with van der Waals surface area (Å²) < 4.78 is 0. The molecule has 0 radical (unpaired) electrons. The Labute approximate surface area is 153 Å². The third-order valence-electron chi connectivity index (χ3n) is 5.25. The number of carbonyl (C=O) groups is 1. The van der Waals surface area contributed by atoms with Crippen LogP contribution in [-0.4, -0.2) is 13.9 Å². The lowest BCUT2D eigenvalue weighted by molar-refractivity contribution is -0.117. The van der Waals surface area contributed by atoms with Crippen molar-refractivity contribution in [1.29, 1.82) is 0 Å². The van der Waals surface area contributed by atoms with Crippen molar-refractivity contribution in [2.75, 3.05) is 0 Å². The Morgan fingerprint density at radius 1 is 0.840 bits per heavy atom. The van der Waals surface area contributed by atoms with Gasteiger partial charge in [0.25, 0.3) is 0 Å². The van der Waals surface area contributed by atoms with Gasteiger partial charge in [-0.3, -0.25) is 0 Å². The maximum atomic E-state index is 12.0. The van der Waals surface area contributed by atoms with E-state index in [-0.39, 0.29) is 0 Å². The van der Waals surface area contributed by atoms with E-state index < -0.39 is 8.07 Å². The lowest BCUT2D eigenvalue weighted by atomic mass is 9.95. The molecule has 0 spiro atoms. The van der Waals surface area contributed by atoms with E-state index in [0.717, 1.165) is 6.42 Å². The second kappa shape index (κ2) is 8.44. The van der Waals surface area contributed by atoms with E-state index in [1.54, 1.807) is 6.92 Å². The van der Waals surface area contributed by atoms with E-state index in [1.165, 1.54) is 21.9 Å². The summed E-state index contributed by atoms with van der Waals surface area (Å²) in [5.74, 6) is 0.294. The fourth-order valence-electron chi connectivity index (χ4n) is 3.53. The molecule has 0 amide bonds. The first kappa shape index (κ1) is 19.4. The van der Waals surface area contributed by atoms with Crippen LogP contribution in [0.3, 0.4) is 0 Å². The van der Waals surface area contributed by atoms with Gasteiger partial charge in [-0.15, -0.1) is 0 Å². The molecule has 1 unspecified atom stereocenters. The minimum Gasteiger partial charge on any atom is -0.300 e. The molecule has 132 valence electrons. The van der Waals surface area contributed by atoms with E-state index in [2.05, 4.69) is 87.6 Å². The minimum absolute atomic E-state index is 0.294. The zero-order valence-corrected chi connectivity index (χ0v) is 17.2. The van der Waals surface area contributed by atoms with Crippen LogP contribution in [-0.2, 0) is 4.79 Å². The monoisotopic (exact) mass is 350 g/mol. The Morgan fingerprint density at radius 3 is 1.84 bits per heavy atom. The molecule has 1 atom stereocenters. The van der Waals surface area contributed by atoms with Gasteiger partial charge in [-0.05, 0) is 43.9 Å². The fourth-order valence-corrected chi connectivity index (χ4v) is 6.56. The third-order valence-corrected chi connectivity index (χ3v) is 9.52. The maximum Gasteiger partial charge on any atom is 0.129 e. The van der Waals surface area contributed by atoms with E-state index in [0.29, 0.717) is 17.7 Å². The van der Waals surface area contributed by atoms with E-state index in [9.17, 15) is 4.79 Å². The maximum absolute atomic E-state index is 12.0. The third kappa shape index (κ3) is 5.02. The number of carbonyl (C=O) groups excluding carboxylic acids is 1. The number of benzene rings is 2. The lowest BCUT2D eigenvalue weighted by Gasteiger charge is -2.34. The average molecular weight is 351 g/mol. The van der Waals surface area contributed by atoms with Crippen molar-refractivity contribution in [3.63, 3.8) is 0 Å². The summed E-state index contributed by atoms with van der Waals surface area (Å²) in [6, 6.07) is 21.4. The van der Waals surface area contributed by atoms with Crippen LogP contribution < -0.4 is 5.19 Å². The van der Waals surface area contributed by atoms with Crippen molar-refractivity contribution in [2.45, 2.75) is 52.2 Å². The molecule has 2 heteroatoms. The van der Waals surface area contributed by atoms with Gasteiger partial charge in [-0.1, -0.05) is 84.5 Å². The van der Waals surface area contributed by atoms with Crippen LogP contribution in [0.25, 0.3) is 5.57 Å². The number of allylic oxidation sites excluding steroid dienone is 2. The zero-order valence-electron chi connectivity index (χ0n) is 16.2. The fraction of sp³-hybridized carbons (Fsp3) is 0.348. The molecule has 2 aromatic rings. The molecule has 25 heavy (non-hydrogen) atoms. The van der Waals surface area contributed by atoms with E-state index in [4.69, 9.17) is 0 Å². The second-order valence-corrected chi connectivity index (χ2v) is 12.6. The van der Waals surface area contributed by atoms with Crippen LogP contribution in [0, 0.1) is 0 Å². The first-order valence-corrected chi connectivity index (χ1v) is 12.2. The molecular formula is C23H30OSi. The van der Waals surface area contributed by atoms with Gasteiger partial charge in [0.2, 0.25) is 0 Å². The molecule has 0 aliphatic rings. The van der Waals surface area contributed by atoms with Crippen LogP contribution in [0.1, 0.15) is 39.2 Å². The molecule has 0 bridgehead atoms. The highest BCUT2D eigenvalue weighted by atomic mass is 28.3. The normalized spacial score (nSPS) is 12.5. The summed E-state index contributed by atoms with van der Waals surface area (Å²) in [7, 11) is -1.77. The van der Waals surface area contributed by atoms with Gasteiger partial charge in [0, 0.05) is 6.42 Å². The second-order valence-electron chi connectivity index (χ2n) is 7.74. The standard InChI is InChI=1S/C23H30OSi/c1-18(2)23(20-12-8-6-9-13-20)17-22(16-19(3)24)25(4,5)21-14-10-7-11-15-21/h6-15,22H,16-17H2,1-5H3. The Balaban J connectivity index is 2.40. The van der Waals surface area contributed by atoms with Gasteiger partial charge in [0.05, 0.1) is 8.07 Å². The van der Waals surface area contributed by atoms with E-state index >= 15 is 0 Å². The van der Waals surface area contributed by atoms with Crippen LogP contribution in [0.2, 0.25) is 18.6 Å². The zero-order chi connectivity index (χ0) is 18.4. The lowest BCUT2D eigenvalue weighted by Crippen LogP contribution is -2.46. The van der Waals surface area contributed by atoms with Gasteiger partial charge in [-0.25, -0.2) is 0 Å². The van der Waals surface area contributed by atoms with Gasteiger partial charge < -0.3 is 4.79 Å². The molecule has 0 fully saturated rings. The Kier molecular flexibility index (Phi) is 6.55. The molecule has 0 saturated carbocycles. The molecule has 0 saturated heterocycles. The van der Waals surface area contributed by atoms with Crippen LogP contribution >= 0.6 is 0 Å². The summed E-state index contributed by atoms with van der Waals surface area (Å²) in [5.41, 5.74) is 4.42. The Hall–Kier alpha value is -1.93. The molecule has 0 N–H and O–H groups in total. The largest absolute Gasteiger partial charge is 0.300 e. The molecule has 2 aromatic carbocycles. The first-order chi connectivity index (χ1) is 11.8. The van der Waals surface area contributed by atoms with Crippen LogP contribution in [0.4, 0.5) is 0 Å². The summed E-state index contributed by atoms with van der Waals surface area (Å²) in [6.07, 6.45) is 1.64. The molecule has 0 aliphatic carbocycles. The highest BCUT2D eigenvalue weighted by molar-refractivity contribution is 6.91. The summed E-state index contributed by atoms with van der Waals surface area (Å²) in [6.45, 7) is 10.9. The average Bonchev–Trinajstić information content (AvgIpc) is 2.59. The van der Waals surface area contributed by atoms with Crippen molar-refractivity contribution in [3.8, 4) is 0 Å². The number of rotatable bonds is 7.